The average Bonchev–Trinajstić information content (AvgIpc) is 2.36. The molecule has 0 spiro atoms. The van der Waals surface area contributed by atoms with Crippen LogP contribution in [0, 0.1) is 0 Å². The highest BCUT2D eigenvalue weighted by molar-refractivity contribution is 9.11. The summed E-state index contributed by atoms with van der Waals surface area (Å²) >= 11 is 6.89. The Morgan fingerprint density at radius 3 is 2.65 bits per heavy atom. The highest BCUT2D eigenvalue weighted by Crippen LogP contribution is 2.32. The van der Waals surface area contributed by atoms with Crippen molar-refractivity contribution in [3.63, 3.8) is 0 Å². The molecule has 0 saturated carbocycles. The number of anilines is 3. The zero-order valence-electron chi connectivity index (χ0n) is 11.0. The van der Waals surface area contributed by atoms with E-state index >= 15 is 0 Å². The zero-order chi connectivity index (χ0) is 14.7. The van der Waals surface area contributed by atoms with Crippen LogP contribution in [0.4, 0.5) is 17.2 Å². The SMILES string of the molecule is CC(C)Oc1ncnc(Nc2ccc(Br)cc2Br)c1N. The highest BCUT2D eigenvalue weighted by Gasteiger charge is 2.12. The fourth-order valence-electron chi connectivity index (χ4n) is 1.51. The molecule has 0 fully saturated rings. The van der Waals surface area contributed by atoms with Gasteiger partial charge in [0.1, 0.15) is 12.0 Å². The second-order valence-electron chi connectivity index (χ2n) is 4.36. The summed E-state index contributed by atoms with van der Waals surface area (Å²) < 4.78 is 7.42. The van der Waals surface area contributed by atoms with E-state index < -0.39 is 0 Å². The van der Waals surface area contributed by atoms with Crippen molar-refractivity contribution in [3.05, 3.63) is 33.5 Å². The quantitative estimate of drug-likeness (QED) is 0.806. The molecule has 7 heteroatoms. The summed E-state index contributed by atoms with van der Waals surface area (Å²) in [7, 11) is 0. The van der Waals surface area contributed by atoms with Crippen molar-refractivity contribution < 1.29 is 4.74 Å². The molecule has 2 aromatic rings. The summed E-state index contributed by atoms with van der Waals surface area (Å²) in [6.45, 7) is 3.83. The van der Waals surface area contributed by atoms with Crippen LogP contribution >= 0.6 is 31.9 Å². The Morgan fingerprint density at radius 2 is 2.00 bits per heavy atom. The Labute approximate surface area is 134 Å². The van der Waals surface area contributed by atoms with E-state index in [1.165, 1.54) is 6.33 Å². The van der Waals surface area contributed by atoms with Crippen LogP contribution in [0.5, 0.6) is 5.88 Å². The van der Waals surface area contributed by atoms with Crippen LogP contribution in [0.1, 0.15) is 13.8 Å². The molecule has 2 rings (SSSR count). The highest BCUT2D eigenvalue weighted by atomic mass is 79.9. The van der Waals surface area contributed by atoms with E-state index in [2.05, 4.69) is 47.1 Å². The van der Waals surface area contributed by atoms with Gasteiger partial charge in [-0.25, -0.2) is 4.98 Å². The molecule has 20 heavy (non-hydrogen) atoms. The summed E-state index contributed by atoms with van der Waals surface area (Å²) in [5.41, 5.74) is 7.26. The van der Waals surface area contributed by atoms with Gasteiger partial charge in [0, 0.05) is 8.95 Å². The van der Waals surface area contributed by atoms with Gasteiger partial charge in [-0.15, -0.1) is 0 Å². The lowest BCUT2D eigenvalue weighted by molar-refractivity contribution is 0.234. The molecule has 0 aliphatic heterocycles. The van der Waals surface area contributed by atoms with Gasteiger partial charge in [-0.2, -0.15) is 4.98 Å². The van der Waals surface area contributed by atoms with Crippen molar-refractivity contribution in [2.75, 3.05) is 11.1 Å². The Morgan fingerprint density at radius 1 is 1.25 bits per heavy atom. The summed E-state index contributed by atoms with van der Waals surface area (Å²) in [6.07, 6.45) is 1.42. The molecule has 1 aromatic carbocycles. The minimum Gasteiger partial charge on any atom is -0.473 e. The Kier molecular flexibility index (Phi) is 4.82. The summed E-state index contributed by atoms with van der Waals surface area (Å²) in [5.74, 6) is 0.893. The van der Waals surface area contributed by atoms with E-state index in [0.717, 1.165) is 14.6 Å². The number of halogens is 2. The van der Waals surface area contributed by atoms with Gasteiger partial charge in [0.15, 0.2) is 5.82 Å². The number of nitrogens with two attached hydrogens (primary N) is 1. The van der Waals surface area contributed by atoms with E-state index in [0.29, 0.717) is 17.4 Å². The van der Waals surface area contributed by atoms with Gasteiger partial charge in [0.2, 0.25) is 5.88 Å². The molecule has 5 nitrogen and oxygen atoms in total. The standard InChI is InChI=1S/C13H14Br2N4O/c1-7(2)20-13-11(16)12(17-6-18-13)19-10-4-3-8(14)5-9(10)15/h3-7H,16H2,1-2H3,(H,17,18,19). The first kappa shape index (κ1) is 15.1. The summed E-state index contributed by atoms with van der Waals surface area (Å²) in [4.78, 5) is 8.18. The van der Waals surface area contributed by atoms with Crippen molar-refractivity contribution >= 4 is 49.1 Å². The molecule has 3 N–H and O–H groups in total. The van der Waals surface area contributed by atoms with Crippen molar-refractivity contribution in [2.45, 2.75) is 20.0 Å². The monoisotopic (exact) mass is 400 g/mol. The zero-order valence-corrected chi connectivity index (χ0v) is 14.2. The van der Waals surface area contributed by atoms with E-state index in [9.17, 15) is 0 Å². The molecule has 0 aliphatic carbocycles. The number of benzene rings is 1. The number of hydrogen-bond acceptors (Lipinski definition) is 5. The van der Waals surface area contributed by atoms with Gasteiger partial charge in [0.05, 0.1) is 11.8 Å². The second kappa shape index (κ2) is 6.41. The van der Waals surface area contributed by atoms with Gasteiger partial charge in [-0.3, -0.25) is 0 Å². The fourth-order valence-corrected chi connectivity index (χ4v) is 2.66. The maximum atomic E-state index is 6.02. The average molecular weight is 402 g/mol. The predicted molar refractivity (Wildman–Crippen MR) is 87.3 cm³/mol. The van der Waals surface area contributed by atoms with Crippen LogP contribution in [0.15, 0.2) is 33.5 Å². The van der Waals surface area contributed by atoms with Gasteiger partial charge in [-0.05, 0) is 48.0 Å². The third-order valence-corrected chi connectivity index (χ3v) is 3.53. The minimum atomic E-state index is -0.000494. The smallest absolute Gasteiger partial charge is 0.242 e. The maximum absolute atomic E-state index is 6.02. The lowest BCUT2D eigenvalue weighted by atomic mass is 10.3. The van der Waals surface area contributed by atoms with Crippen LogP contribution in [-0.2, 0) is 0 Å². The molecule has 0 bridgehead atoms. The maximum Gasteiger partial charge on any atom is 0.242 e. The minimum absolute atomic E-state index is 0.000494. The van der Waals surface area contributed by atoms with Crippen LogP contribution in [0.2, 0.25) is 0 Å². The normalized spacial score (nSPS) is 10.7. The van der Waals surface area contributed by atoms with Gasteiger partial charge in [-0.1, -0.05) is 15.9 Å². The molecule has 0 atom stereocenters. The van der Waals surface area contributed by atoms with Gasteiger partial charge < -0.3 is 15.8 Å². The van der Waals surface area contributed by atoms with Gasteiger partial charge >= 0.3 is 0 Å². The van der Waals surface area contributed by atoms with Crippen molar-refractivity contribution in [2.24, 2.45) is 0 Å². The molecule has 0 radical (unpaired) electrons. The number of nitrogen functional groups attached to an aromatic ring is 1. The lowest BCUT2D eigenvalue weighted by Crippen LogP contribution is -2.10. The topological polar surface area (TPSA) is 73.1 Å². The molecule has 0 unspecified atom stereocenters. The molecular weight excluding hydrogens is 388 g/mol. The first-order valence-corrected chi connectivity index (χ1v) is 7.55. The van der Waals surface area contributed by atoms with Crippen molar-refractivity contribution in [1.29, 1.82) is 0 Å². The molecule has 0 aliphatic rings. The first-order chi connectivity index (χ1) is 9.47. The van der Waals surface area contributed by atoms with E-state index in [1.54, 1.807) is 0 Å². The number of nitrogens with zero attached hydrogens (tertiary/aromatic N) is 2. The van der Waals surface area contributed by atoms with Crippen LogP contribution < -0.4 is 15.8 Å². The molecule has 106 valence electrons. The van der Waals surface area contributed by atoms with Crippen LogP contribution in [-0.4, -0.2) is 16.1 Å². The number of aromatic nitrogens is 2. The lowest BCUT2D eigenvalue weighted by Gasteiger charge is -2.14. The van der Waals surface area contributed by atoms with E-state index in [1.807, 2.05) is 32.0 Å². The number of ether oxygens (including phenoxy) is 1. The first-order valence-electron chi connectivity index (χ1n) is 5.96. The number of rotatable bonds is 4. The fraction of sp³-hybridized carbons (Fsp3) is 0.231. The molecular formula is C13H14Br2N4O. The Bertz CT molecular complexity index is 619. The molecule has 0 saturated heterocycles. The van der Waals surface area contributed by atoms with E-state index in [4.69, 9.17) is 10.5 Å². The third kappa shape index (κ3) is 3.61. The van der Waals surface area contributed by atoms with Crippen molar-refractivity contribution in [3.8, 4) is 5.88 Å². The van der Waals surface area contributed by atoms with Gasteiger partial charge in [0.25, 0.3) is 0 Å². The molecule has 0 amide bonds. The Balaban J connectivity index is 2.29. The largest absolute Gasteiger partial charge is 0.473 e. The summed E-state index contributed by atoms with van der Waals surface area (Å²) in [5, 5.41) is 3.16. The molecule has 1 aromatic heterocycles. The predicted octanol–water partition coefficient (Wildman–Crippen LogP) is 4.11. The van der Waals surface area contributed by atoms with Crippen LogP contribution in [0.3, 0.4) is 0 Å². The second-order valence-corrected chi connectivity index (χ2v) is 6.13. The number of nitrogens with one attached hydrogen (secondary N) is 1. The van der Waals surface area contributed by atoms with E-state index in [-0.39, 0.29) is 6.10 Å². The van der Waals surface area contributed by atoms with Crippen molar-refractivity contribution in [1.82, 2.24) is 9.97 Å². The summed E-state index contributed by atoms with van der Waals surface area (Å²) in [6, 6.07) is 5.78. The molecule has 1 heterocycles. The Hall–Kier alpha value is -1.34. The third-order valence-electron chi connectivity index (χ3n) is 2.38. The number of hydrogen-bond donors (Lipinski definition) is 2. The van der Waals surface area contributed by atoms with Crippen LogP contribution in [0.25, 0.3) is 0 Å².